The summed E-state index contributed by atoms with van der Waals surface area (Å²) < 4.78 is 39.4. The fourth-order valence-electron chi connectivity index (χ4n) is 2.19. The SMILES string of the molecule is CC.CC(C)c1sc2c(C(C)C)cccc2c1SC(F)(F)F. The van der Waals surface area contributed by atoms with Gasteiger partial charge in [0.05, 0.1) is 0 Å². The maximum atomic E-state index is 12.8. The van der Waals surface area contributed by atoms with E-state index in [2.05, 4.69) is 13.8 Å². The molecule has 0 aliphatic rings. The van der Waals surface area contributed by atoms with Gasteiger partial charge in [0.25, 0.3) is 0 Å². The highest BCUT2D eigenvalue weighted by Crippen LogP contribution is 2.49. The molecule has 0 fully saturated rings. The molecule has 1 aromatic heterocycles. The first-order chi connectivity index (χ1) is 10.2. The summed E-state index contributed by atoms with van der Waals surface area (Å²) in [6, 6.07) is 5.67. The standard InChI is InChI=1S/C15H17F3S2.C2H6/c1-8(2)10-6-5-7-11-13(10)19-12(9(3)4)14(11)20-15(16,17)18;1-2/h5-9H,1-4H3;1-2H3. The summed E-state index contributed by atoms with van der Waals surface area (Å²) in [6.45, 7) is 12.0. The average Bonchev–Trinajstić information content (AvgIpc) is 2.78. The third kappa shape index (κ3) is 4.42. The molecule has 2 aromatic rings. The molecule has 0 unspecified atom stereocenters. The Labute approximate surface area is 139 Å². The summed E-state index contributed by atoms with van der Waals surface area (Å²) in [7, 11) is 0. The first kappa shape index (κ1) is 19.4. The van der Waals surface area contributed by atoms with Crippen LogP contribution in [0.3, 0.4) is 0 Å². The second-order valence-corrected chi connectivity index (χ2v) is 7.50. The van der Waals surface area contributed by atoms with Gasteiger partial charge in [-0.05, 0) is 29.2 Å². The Morgan fingerprint density at radius 1 is 1.00 bits per heavy atom. The van der Waals surface area contributed by atoms with E-state index in [1.165, 1.54) is 11.3 Å². The molecule has 1 heterocycles. The lowest BCUT2D eigenvalue weighted by Gasteiger charge is -2.09. The fraction of sp³-hybridized carbons (Fsp3) is 0.529. The van der Waals surface area contributed by atoms with Gasteiger partial charge in [-0.15, -0.1) is 11.3 Å². The molecule has 22 heavy (non-hydrogen) atoms. The molecule has 0 saturated carbocycles. The molecule has 0 atom stereocenters. The molecule has 0 saturated heterocycles. The number of halogens is 3. The van der Waals surface area contributed by atoms with E-state index in [4.69, 9.17) is 0 Å². The lowest BCUT2D eigenvalue weighted by molar-refractivity contribution is -0.0327. The zero-order valence-electron chi connectivity index (χ0n) is 13.8. The number of alkyl halides is 3. The van der Waals surface area contributed by atoms with E-state index in [9.17, 15) is 13.2 Å². The number of thiophene rings is 1. The van der Waals surface area contributed by atoms with Crippen molar-refractivity contribution in [1.29, 1.82) is 0 Å². The molecule has 0 nitrogen and oxygen atoms in total. The van der Waals surface area contributed by atoms with E-state index in [-0.39, 0.29) is 17.7 Å². The largest absolute Gasteiger partial charge is 0.446 e. The highest BCUT2D eigenvalue weighted by molar-refractivity contribution is 8.00. The predicted molar refractivity (Wildman–Crippen MR) is 93.3 cm³/mol. The summed E-state index contributed by atoms with van der Waals surface area (Å²) in [6.07, 6.45) is 0. The van der Waals surface area contributed by atoms with Gasteiger partial charge in [0.15, 0.2) is 0 Å². The van der Waals surface area contributed by atoms with Crippen molar-refractivity contribution in [3.63, 3.8) is 0 Å². The Morgan fingerprint density at radius 2 is 1.59 bits per heavy atom. The predicted octanol–water partition coefficient (Wildman–Crippen LogP) is 7.79. The number of fused-ring (bicyclic) bond motifs is 1. The van der Waals surface area contributed by atoms with Crippen molar-refractivity contribution in [1.82, 2.24) is 0 Å². The summed E-state index contributed by atoms with van der Waals surface area (Å²) in [5.74, 6) is 0.401. The van der Waals surface area contributed by atoms with Crippen LogP contribution in [-0.4, -0.2) is 5.51 Å². The van der Waals surface area contributed by atoms with Crippen molar-refractivity contribution >= 4 is 33.2 Å². The van der Waals surface area contributed by atoms with Gasteiger partial charge >= 0.3 is 5.51 Å². The second kappa shape index (κ2) is 7.73. The number of hydrogen-bond acceptors (Lipinski definition) is 2. The fourth-order valence-corrected chi connectivity index (χ4v) is 4.71. The lowest BCUT2D eigenvalue weighted by Crippen LogP contribution is -2.00. The number of rotatable bonds is 3. The minimum atomic E-state index is -4.24. The minimum absolute atomic E-state index is 0.0227. The topological polar surface area (TPSA) is 0 Å². The van der Waals surface area contributed by atoms with Crippen LogP contribution in [0.1, 0.15) is 63.8 Å². The van der Waals surface area contributed by atoms with Crippen LogP contribution in [0.2, 0.25) is 0 Å². The Hall–Kier alpha value is -0.680. The molecule has 0 N–H and O–H groups in total. The van der Waals surface area contributed by atoms with Crippen LogP contribution in [-0.2, 0) is 0 Å². The van der Waals surface area contributed by atoms with Crippen molar-refractivity contribution in [2.24, 2.45) is 0 Å². The van der Waals surface area contributed by atoms with Gasteiger partial charge in [0.2, 0.25) is 0 Å². The molecule has 1 aromatic carbocycles. The highest BCUT2D eigenvalue weighted by Gasteiger charge is 2.33. The summed E-state index contributed by atoms with van der Waals surface area (Å²) in [5, 5.41) is 0.743. The Kier molecular flexibility index (Phi) is 6.81. The first-order valence-corrected chi connectivity index (χ1v) is 9.15. The van der Waals surface area contributed by atoms with E-state index in [1.807, 2.05) is 39.8 Å². The molecule has 0 aliphatic carbocycles. The van der Waals surface area contributed by atoms with Gasteiger partial charge in [-0.1, -0.05) is 59.7 Å². The van der Waals surface area contributed by atoms with Crippen LogP contribution in [0.15, 0.2) is 23.1 Å². The third-order valence-electron chi connectivity index (χ3n) is 3.09. The van der Waals surface area contributed by atoms with Crippen LogP contribution < -0.4 is 0 Å². The van der Waals surface area contributed by atoms with Gasteiger partial charge in [0.1, 0.15) is 0 Å². The van der Waals surface area contributed by atoms with E-state index >= 15 is 0 Å². The molecule has 0 radical (unpaired) electrons. The quantitative estimate of drug-likeness (QED) is 0.510. The van der Waals surface area contributed by atoms with Crippen molar-refractivity contribution in [3.05, 3.63) is 28.6 Å². The number of thioether (sulfide) groups is 1. The molecular formula is C17H23F3S2. The van der Waals surface area contributed by atoms with Gasteiger partial charge in [-0.25, -0.2) is 0 Å². The third-order valence-corrected chi connectivity index (χ3v) is 5.65. The van der Waals surface area contributed by atoms with Crippen LogP contribution in [0, 0.1) is 0 Å². The lowest BCUT2D eigenvalue weighted by atomic mass is 10.0. The maximum absolute atomic E-state index is 12.8. The van der Waals surface area contributed by atoms with Gasteiger partial charge in [0, 0.05) is 19.9 Å². The smallest absolute Gasteiger partial charge is 0.160 e. The van der Waals surface area contributed by atoms with Crippen LogP contribution in [0.25, 0.3) is 10.1 Å². The Morgan fingerprint density at radius 3 is 2.05 bits per heavy atom. The average molecular weight is 348 g/mol. The zero-order valence-corrected chi connectivity index (χ0v) is 15.5. The molecule has 0 spiro atoms. The summed E-state index contributed by atoms with van der Waals surface area (Å²) in [5.41, 5.74) is -3.12. The van der Waals surface area contributed by atoms with Crippen molar-refractivity contribution < 1.29 is 13.2 Å². The van der Waals surface area contributed by atoms with Crippen molar-refractivity contribution in [2.45, 2.75) is 63.8 Å². The monoisotopic (exact) mass is 348 g/mol. The van der Waals surface area contributed by atoms with Crippen LogP contribution in [0.5, 0.6) is 0 Å². The van der Waals surface area contributed by atoms with Crippen LogP contribution in [0.4, 0.5) is 13.2 Å². The molecule has 0 bridgehead atoms. The summed E-state index contributed by atoms with van der Waals surface area (Å²) >= 11 is 1.53. The Balaban J connectivity index is 0.00000116. The Bertz CT molecular complexity index is 610. The minimum Gasteiger partial charge on any atom is -0.160 e. The van der Waals surface area contributed by atoms with E-state index in [0.29, 0.717) is 10.8 Å². The highest BCUT2D eigenvalue weighted by atomic mass is 32.2. The van der Waals surface area contributed by atoms with E-state index in [1.54, 1.807) is 6.07 Å². The van der Waals surface area contributed by atoms with Crippen LogP contribution >= 0.6 is 23.1 Å². The summed E-state index contributed by atoms with van der Waals surface area (Å²) in [4.78, 5) is 1.21. The molecular weight excluding hydrogens is 325 g/mol. The molecule has 0 amide bonds. The van der Waals surface area contributed by atoms with Crippen molar-refractivity contribution in [3.8, 4) is 0 Å². The van der Waals surface area contributed by atoms with E-state index < -0.39 is 5.51 Å². The molecule has 0 aliphatic heterocycles. The van der Waals surface area contributed by atoms with Gasteiger partial charge in [-0.3, -0.25) is 0 Å². The number of hydrogen-bond donors (Lipinski definition) is 0. The van der Waals surface area contributed by atoms with Gasteiger partial charge < -0.3 is 0 Å². The molecule has 124 valence electrons. The maximum Gasteiger partial charge on any atom is 0.446 e. The molecule has 5 heteroatoms. The van der Waals surface area contributed by atoms with E-state index in [0.717, 1.165) is 20.5 Å². The normalized spacial score (nSPS) is 12.0. The molecule has 2 rings (SSSR count). The van der Waals surface area contributed by atoms with Gasteiger partial charge in [-0.2, -0.15) is 13.2 Å². The number of benzene rings is 1. The zero-order chi connectivity index (χ0) is 17.1. The first-order valence-electron chi connectivity index (χ1n) is 7.51. The van der Waals surface area contributed by atoms with Crippen molar-refractivity contribution in [2.75, 3.05) is 0 Å². The second-order valence-electron chi connectivity index (χ2n) is 5.38.